The smallest absolute Gasteiger partial charge is 0.258 e. The molecule has 132 valence electrons. The monoisotopic (exact) mass is 417 g/mol. The van der Waals surface area contributed by atoms with E-state index in [-0.39, 0.29) is 17.4 Å². The lowest BCUT2D eigenvalue weighted by atomic mass is 10.1. The van der Waals surface area contributed by atoms with Gasteiger partial charge in [0, 0.05) is 15.6 Å². The van der Waals surface area contributed by atoms with Gasteiger partial charge in [0.05, 0.1) is 28.3 Å². The van der Waals surface area contributed by atoms with E-state index in [9.17, 15) is 13.2 Å². The number of amides is 1. The largest absolute Gasteiger partial charge is 0.303 e. The summed E-state index contributed by atoms with van der Waals surface area (Å²) in [6.45, 7) is 0. The third kappa shape index (κ3) is 4.11. The van der Waals surface area contributed by atoms with Crippen LogP contribution in [0.4, 0.5) is 5.69 Å². The number of benzene rings is 2. The molecule has 1 aliphatic rings. The van der Waals surface area contributed by atoms with Gasteiger partial charge >= 0.3 is 0 Å². The minimum absolute atomic E-state index is 0.0489. The highest BCUT2D eigenvalue weighted by molar-refractivity contribution is 7.91. The van der Waals surface area contributed by atoms with Crippen molar-refractivity contribution in [3.05, 3.63) is 63.1 Å². The molecule has 0 radical (unpaired) electrons. The Morgan fingerprint density at radius 1 is 1.00 bits per heavy atom. The summed E-state index contributed by atoms with van der Waals surface area (Å²) >= 11 is 18.1. The van der Waals surface area contributed by atoms with Gasteiger partial charge in [-0.05, 0) is 48.9 Å². The number of rotatable bonds is 3. The minimum Gasteiger partial charge on any atom is -0.303 e. The fourth-order valence-corrected chi connectivity index (χ4v) is 5.18. The molecule has 0 N–H and O–H groups in total. The van der Waals surface area contributed by atoms with E-state index in [1.165, 1.54) is 11.0 Å². The summed E-state index contributed by atoms with van der Waals surface area (Å²) in [6.07, 6.45) is 0.362. The van der Waals surface area contributed by atoms with Crippen LogP contribution in [0.3, 0.4) is 0 Å². The lowest BCUT2D eigenvalue weighted by Crippen LogP contribution is -2.41. The summed E-state index contributed by atoms with van der Waals surface area (Å²) < 4.78 is 23.8. The molecule has 2 aromatic rings. The predicted octanol–water partition coefficient (Wildman–Crippen LogP) is 4.48. The molecule has 25 heavy (non-hydrogen) atoms. The molecule has 1 atom stereocenters. The summed E-state index contributed by atoms with van der Waals surface area (Å²) in [7, 11) is -3.18. The number of halogens is 3. The van der Waals surface area contributed by atoms with Gasteiger partial charge in [-0.2, -0.15) is 0 Å². The summed E-state index contributed by atoms with van der Waals surface area (Å²) in [5, 5.41) is 1.24. The van der Waals surface area contributed by atoms with Crippen LogP contribution in [0.5, 0.6) is 0 Å². The second kappa shape index (κ2) is 7.16. The zero-order chi connectivity index (χ0) is 18.2. The van der Waals surface area contributed by atoms with E-state index < -0.39 is 15.9 Å². The van der Waals surface area contributed by atoms with Crippen molar-refractivity contribution >= 4 is 56.2 Å². The van der Waals surface area contributed by atoms with Crippen molar-refractivity contribution in [3.63, 3.8) is 0 Å². The number of hydrogen-bond acceptors (Lipinski definition) is 3. The highest BCUT2D eigenvalue weighted by Crippen LogP contribution is 2.34. The zero-order valence-electron chi connectivity index (χ0n) is 13.0. The molecule has 1 unspecified atom stereocenters. The van der Waals surface area contributed by atoms with Gasteiger partial charge in [0.2, 0.25) is 0 Å². The lowest BCUT2D eigenvalue weighted by molar-refractivity contribution is 0.0979. The Labute approximate surface area is 161 Å². The highest BCUT2D eigenvalue weighted by Gasteiger charge is 2.36. The first-order valence-electron chi connectivity index (χ1n) is 7.51. The number of sulfone groups is 1. The lowest BCUT2D eigenvalue weighted by Gasteiger charge is -2.29. The number of nitrogens with zero attached hydrogens (tertiary/aromatic N) is 1. The van der Waals surface area contributed by atoms with Gasteiger partial charge in [-0.15, -0.1) is 0 Å². The molecule has 0 aliphatic carbocycles. The van der Waals surface area contributed by atoms with Crippen molar-refractivity contribution in [2.75, 3.05) is 16.4 Å². The van der Waals surface area contributed by atoms with Crippen molar-refractivity contribution < 1.29 is 13.2 Å². The van der Waals surface area contributed by atoms with Gasteiger partial charge in [0.15, 0.2) is 9.84 Å². The molecule has 0 saturated carbocycles. The van der Waals surface area contributed by atoms with E-state index >= 15 is 0 Å². The van der Waals surface area contributed by atoms with Crippen LogP contribution in [0.2, 0.25) is 15.1 Å². The molecule has 1 aliphatic heterocycles. The molecule has 1 fully saturated rings. The normalized spacial score (nSPS) is 18.9. The van der Waals surface area contributed by atoms with Crippen LogP contribution in [0.15, 0.2) is 42.5 Å². The molecule has 0 aromatic heterocycles. The van der Waals surface area contributed by atoms with Crippen LogP contribution in [0.1, 0.15) is 16.8 Å². The zero-order valence-corrected chi connectivity index (χ0v) is 16.0. The Morgan fingerprint density at radius 3 is 2.20 bits per heavy atom. The number of anilines is 1. The maximum Gasteiger partial charge on any atom is 0.258 e. The van der Waals surface area contributed by atoms with Crippen LogP contribution in [-0.2, 0) is 9.84 Å². The third-order valence-corrected chi connectivity index (χ3v) is 6.59. The molecule has 4 nitrogen and oxygen atoms in total. The molecule has 0 bridgehead atoms. The first-order valence-corrected chi connectivity index (χ1v) is 10.5. The van der Waals surface area contributed by atoms with E-state index in [2.05, 4.69) is 0 Å². The second-order valence-electron chi connectivity index (χ2n) is 5.83. The van der Waals surface area contributed by atoms with Gasteiger partial charge in [0.25, 0.3) is 5.91 Å². The average Bonchev–Trinajstić information content (AvgIpc) is 2.90. The van der Waals surface area contributed by atoms with Crippen LogP contribution in [0, 0.1) is 0 Å². The second-order valence-corrected chi connectivity index (χ2v) is 9.34. The van der Waals surface area contributed by atoms with Crippen LogP contribution < -0.4 is 4.90 Å². The molecular weight excluding hydrogens is 405 g/mol. The molecule has 1 saturated heterocycles. The van der Waals surface area contributed by atoms with Crippen molar-refractivity contribution in [2.45, 2.75) is 12.5 Å². The third-order valence-electron chi connectivity index (χ3n) is 4.05. The van der Waals surface area contributed by atoms with Gasteiger partial charge in [-0.3, -0.25) is 4.79 Å². The molecule has 3 rings (SSSR count). The Hall–Kier alpha value is -1.27. The maximum atomic E-state index is 13.1. The quantitative estimate of drug-likeness (QED) is 0.738. The van der Waals surface area contributed by atoms with Gasteiger partial charge in [0.1, 0.15) is 0 Å². The van der Waals surface area contributed by atoms with Gasteiger partial charge in [-0.25, -0.2) is 8.42 Å². The summed E-state index contributed by atoms with van der Waals surface area (Å²) in [4.78, 5) is 14.5. The average molecular weight is 419 g/mol. The van der Waals surface area contributed by atoms with Crippen LogP contribution >= 0.6 is 34.8 Å². The number of carbonyl (C=O) groups is 1. The standard InChI is InChI=1S/C17H14Cl3NO3S/c18-12-3-1-11(2-4-12)17(22)21(14-7-8-25(23,24)10-14)16-6-5-13(19)9-15(16)20/h1-6,9,14H,7-8,10H2. The Bertz CT molecular complexity index is 913. The van der Waals surface area contributed by atoms with Gasteiger partial charge < -0.3 is 4.90 Å². The van der Waals surface area contributed by atoms with E-state index in [1.807, 2.05) is 0 Å². The van der Waals surface area contributed by atoms with E-state index in [0.29, 0.717) is 32.7 Å². The Kier molecular flexibility index (Phi) is 5.30. The van der Waals surface area contributed by atoms with Crippen LogP contribution in [0.25, 0.3) is 0 Å². The molecule has 2 aromatic carbocycles. The molecular formula is C17H14Cl3NO3S. The number of hydrogen-bond donors (Lipinski definition) is 0. The molecule has 8 heteroatoms. The van der Waals surface area contributed by atoms with Gasteiger partial charge in [-0.1, -0.05) is 34.8 Å². The fraction of sp³-hybridized carbons (Fsp3) is 0.235. The van der Waals surface area contributed by atoms with Crippen LogP contribution in [-0.4, -0.2) is 31.9 Å². The summed E-state index contributed by atoms with van der Waals surface area (Å²) in [5.74, 6) is -0.374. The summed E-state index contributed by atoms with van der Waals surface area (Å²) in [6, 6.07) is 10.7. The summed E-state index contributed by atoms with van der Waals surface area (Å²) in [5.41, 5.74) is 0.841. The predicted molar refractivity (Wildman–Crippen MR) is 102 cm³/mol. The van der Waals surface area contributed by atoms with Crippen molar-refractivity contribution in [1.82, 2.24) is 0 Å². The highest BCUT2D eigenvalue weighted by atomic mass is 35.5. The first kappa shape index (κ1) is 18.5. The molecule has 1 heterocycles. The van der Waals surface area contributed by atoms with Crippen molar-refractivity contribution in [2.24, 2.45) is 0 Å². The molecule has 0 spiro atoms. The Morgan fingerprint density at radius 2 is 1.64 bits per heavy atom. The van der Waals surface area contributed by atoms with E-state index in [4.69, 9.17) is 34.8 Å². The topological polar surface area (TPSA) is 54.5 Å². The van der Waals surface area contributed by atoms with Crippen molar-refractivity contribution in [3.8, 4) is 0 Å². The Balaban J connectivity index is 2.05. The molecule has 1 amide bonds. The first-order chi connectivity index (χ1) is 11.8. The fourth-order valence-electron chi connectivity index (χ4n) is 2.86. The van der Waals surface area contributed by atoms with E-state index in [1.54, 1.807) is 36.4 Å². The number of carbonyl (C=O) groups excluding carboxylic acids is 1. The maximum absolute atomic E-state index is 13.1. The minimum atomic E-state index is -3.18. The van der Waals surface area contributed by atoms with E-state index in [0.717, 1.165) is 0 Å². The SMILES string of the molecule is O=C(c1ccc(Cl)cc1)N(c1ccc(Cl)cc1Cl)C1CCS(=O)(=O)C1. The van der Waals surface area contributed by atoms with Crippen molar-refractivity contribution in [1.29, 1.82) is 0 Å².